The van der Waals surface area contributed by atoms with E-state index in [9.17, 15) is 17.9 Å². The van der Waals surface area contributed by atoms with Crippen LogP contribution < -0.4 is 9.62 Å². The number of aliphatic hydroxyl groups excluding tert-OH is 1. The SMILES string of the molecule is CN1CCN(c2ccc(-c3ccc(C4C(C)(C)OC(=N[C@@H](CCO)c5ccccc5F)NS4(=O)=O)cc3)nc2)CC1. The Morgan fingerprint density at radius 3 is 2.41 bits per heavy atom. The molecule has 2 fully saturated rings. The zero-order valence-electron chi connectivity index (χ0n) is 23.5. The van der Waals surface area contributed by atoms with Crippen LogP contribution in [-0.4, -0.2) is 74.9 Å². The molecule has 11 heteroatoms. The van der Waals surface area contributed by atoms with Gasteiger partial charge >= 0.3 is 0 Å². The van der Waals surface area contributed by atoms with Crippen LogP contribution in [0.25, 0.3) is 11.3 Å². The van der Waals surface area contributed by atoms with E-state index in [1.54, 1.807) is 44.2 Å². The Kier molecular flexibility index (Phi) is 8.30. The lowest BCUT2D eigenvalue weighted by atomic mass is 9.96. The molecule has 0 aliphatic carbocycles. The second-order valence-corrected chi connectivity index (χ2v) is 12.8. The van der Waals surface area contributed by atoms with Gasteiger partial charge in [0.15, 0.2) is 0 Å². The highest BCUT2D eigenvalue weighted by Gasteiger charge is 2.48. The van der Waals surface area contributed by atoms with E-state index in [4.69, 9.17) is 4.74 Å². The van der Waals surface area contributed by atoms with E-state index in [-0.39, 0.29) is 24.6 Å². The molecule has 0 amide bonds. The maximum atomic E-state index is 14.4. The quantitative estimate of drug-likeness (QED) is 0.436. The van der Waals surface area contributed by atoms with Gasteiger partial charge in [-0.2, -0.15) is 0 Å². The monoisotopic (exact) mass is 581 g/mol. The van der Waals surface area contributed by atoms with Crippen LogP contribution in [0.2, 0.25) is 0 Å². The fourth-order valence-electron chi connectivity index (χ4n) is 5.45. The number of ether oxygens (including phenoxy) is 1. The molecule has 2 aliphatic rings. The lowest BCUT2D eigenvalue weighted by Crippen LogP contribution is -2.53. The van der Waals surface area contributed by atoms with E-state index in [0.29, 0.717) is 5.56 Å². The molecule has 2 atom stereocenters. The van der Waals surface area contributed by atoms with Crippen LogP contribution in [0.15, 0.2) is 71.9 Å². The summed E-state index contributed by atoms with van der Waals surface area (Å²) in [6.45, 7) is 7.07. The van der Waals surface area contributed by atoms with Gasteiger partial charge < -0.3 is 19.6 Å². The number of anilines is 1. The highest BCUT2D eigenvalue weighted by molar-refractivity contribution is 7.90. The van der Waals surface area contributed by atoms with Crippen molar-refractivity contribution in [1.29, 1.82) is 0 Å². The number of nitrogens with zero attached hydrogens (tertiary/aromatic N) is 4. The number of aliphatic imine (C=N–C) groups is 1. The number of benzene rings is 2. The summed E-state index contributed by atoms with van der Waals surface area (Å²) < 4.78 is 49.9. The minimum Gasteiger partial charge on any atom is -0.457 e. The summed E-state index contributed by atoms with van der Waals surface area (Å²) in [4.78, 5) is 13.6. The van der Waals surface area contributed by atoms with Gasteiger partial charge in [0.25, 0.3) is 6.02 Å². The average Bonchev–Trinajstić information content (AvgIpc) is 2.93. The average molecular weight is 582 g/mol. The van der Waals surface area contributed by atoms with Crippen molar-refractivity contribution in [2.75, 3.05) is 44.7 Å². The number of nitrogens with one attached hydrogen (secondary N) is 1. The van der Waals surface area contributed by atoms with Crippen molar-refractivity contribution in [3.05, 3.63) is 83.8 Å². The van der Waals surface area contributed by atoms with Gasteiger partial charge in [0.1, 0.15) is 16.7 Å². The normalized spacial score (nSPS) is 22.1. The van der Waals surface area contributed by atoms with E-state index in [1.165, 1.54) is 6.07 Å². The molecule has 0 radical (unpaired) electrons. The molecule has 2 aromatic carbocycles. The van der Waals surface area contributed by atoms with Crippen LogP contribution in [0.3, 0.4) is 0 Å². The number of hydrogen-bond acceptors (Lipinski definition) is 8. The van der Waals surface area contributed by atoms with Gasteiger partial charge in [-0.3, -0.25) is 4.98 Å². The Hall–Kier alpha value is -3.54. The van der Waals surface area contributed by atoms with Crippen molar-refractivity contribution >= 4 is 21.7 Å². The van der Waals surface area contributed by atoms with Gasteiger partial charge in [0.2, 0.25) is 10.0 Å². The van der Waals surface area contributed by atoms with Crippen molar-refractivity contribution < 1.29 is 22.7 Å². The molecule has 2 N–H and O–H groups in total. The molecule has 9 nitrogen and oxygen atoms in total. The third kappa shape index (κ3) is 6.37. The van der Waals surface area contributed by atoms with E-state index < -0.39 is 32.7 Å². The highest BCUT2D eigenvalue weighted by atomic mass is 32.2. The Labute approximate surface area is 240 Å². The first-order chi connectivity index (χ1) is 19.6. The first-order valence-corrected chi connectivity index (χ1v) is 15.3. The molecule has 1 aromatic heterocycles. The van der Waals surface area contributed by atoms with Crippen molar-refractivity contribution in [3.63, 3.8) is 0 Å². The van der Waals surface area contributed by atoms with E-state index in [0.717, 1.165) is 43.1 Å². The number of pyridine rings is 1. The molecule has 3 heterocycles. The Balaban J connectivity index is 1.34. The smallest absolute Gasteiger partial charge is 0.299 e. The minimum absolute atomic E-state index is 0.102. The maximum absolute atomic E-state index is 14.4. The Bertz CT molecular complexity index is 1490. The number of piperazine rings is 1. The number of halogens is 1. The second kappa shape index (κ2) is 11.8. The van der Waals surface area contributed by atoms with Crippen LogP contribution in [-0.2, 0) is 14.8 Å². The van der Waals surface area contributed by atoms with Crippen LogP contribution in [0.4, 0.5) is 10.1 Å². The molecule has 0 spiro atoms. The van der Waals surface area contributed by atoms with Crippen molar-refractivity contribution in [1.82, 2.24) is 14.6 Å². The summed E-state index contributed by atoms with van der Waals surface area (Å²) in [7, 11) is -1.85. The number of amidine groups is 1. The van der Waals surface area contributed by atoms with Crippen molar-refractivity contribution in [2.24, 2.45) is 4.99 Å². The van der Waals surface area contributed by atoms with Crippen LogP contribution >= 0.6 is 0 Å². The topological polar surface area (TPSA) is 107 Å². The Morgan fingerprint density at radius 1 is 1.10 bits per heavy atom. The third-order valence-electron chi connectivity index (χ3n) is 7.60. The number of rotatable bonds is 7. The molecule has 0 saturated carbocycles. The third-order valence-corrected chi connectivity index (χ3v) is 9.52. The van der Waals surface area contributed by atoms with Gasteiger partial charge in [0.05, 0.1) is 23.6 Å². The maximum Gasteiger partial charge on any atom is 0.299 e. The summed E-state index contributed by atoms with van der Waals surface area (Å²) in [5, 5.41) is 8.49. The van der Waals surface area contributed by atoms with Gasteiger partial charge in [-0.25, -0.2) is 22.5 Å². The standard InChI is InChI=1S/C30H36FN5O4S/c1-30(2)28(41(38,39)34-29(40-30)33-27(14-19-37)24-6-4-5-7-25(24)31)22-10-8-21(9-11-22)26-13-12-23(20-32-26)36-17-15-35(3)16-18-36/h4-13,20,27-28,37H,14-19H2,1-3H3,(H,33,34)/t27-,28?/m0/s1. The molecule has 2 aliphatic heterocycles. The minimum atomic E-state index is -3.97. The predicted molar refractivity (Wildman–Crippen MR) is 158 cm³/mol. The molecule has 3 aromatic rings. The first kappa shape index (κ1) is 29.0. The Morgan fingerprint density at radius 2 is 1.80 bits per heavy atom. The molecular formula is C30H36FN5O4S. The molecule has 0 bridgehead atoms. The lowest BCUT2D eigenvalue weighted by molar-refractivity contribution is 0.0758. The van der Waals surface area contributed by atoms with E-state index in [1.807, 2.05) is 24.4 Å². The number of sulfonamides is 1. The largest absolute Gasteiger partial charge is 0.457 e. The first-order valence-electron chi connectivity index (χ1n) is 13.7. The highest BCUT2D eigenvalue weighted by Crippen LogP contribution is 2.39. The van der Waals surface area contributed by atoms with Gasteiger partial charge in [0, 0.05) is 43.9 Å². The molecule has 41 heavy (non-hydrogen) atoms. The summed E-state index contributed by atoms with van der Waals surface area (Å²) in [5.74, 6) is -0.491. The second-order valence-electron chi connectivity index (χ2n) is 11.0. The van der Waals surface area contributed by atoms with E-state index in [2.05, 4.69) is 37.6 Å². The van der Waals surface area contributed by atoms with Crippen LogP contribution in [0.1, 0.15) is 42.7 Å². The fourth-order valence-corrected chi connectivity index (χ4v) is 7.21. The van der Waals surface area contributed by atoms with Crippen molar-refractivity contribution in [2.45, 2.75) is 37.2 Å². The molecule has 2 saturated heterocycles. The van der Waals surface area contributed by atoms with Crippen LogP contribution in [0.5, 0.6) is 0 Å². The zero-order valence-corrected chi connectivity index (χ0v) is 24.3. The number of likely N-dealkylation sites (N-methyl/N-ethyl adjacent to an activating group) is 1. The van der Waals surface area contributed by atoms with Gasteiger partial charge in [-0.05, 0) is 51.1 Å². The summed E-state index contributed by atoms with van der Waals surface area (Å²) in [6.07, 6.45) is 1.98. The van der Waals surface area contributed by atoms with Gasteiger partial charge in [-0.1, -0.05) is 42.5 Å². The summed E-state index contributed by atoms with van der Waals surface area (Å²) >= 11 is 0. The van der Waals surface area contributed by atoms with Crippen molar-refractivity contribution in [3.8, 4) is 11.3 Å². The van der Waals surface area contributed by atoms with Crippen LogP contribution in [0, 0.1) is 5.82 Å². The summed E-state index contributed by atoms with van der Waals surface area (Å²) in [5.41, 5.74) is 2.37. The van der Waals surface area contributed by atoms with Gasteiger partial charge in [-0.15, -0.1) is 0 Å². The van der Waals surface area contributed by atoms with E-state index >= 15 is 0 Å². The predicted octanol–water partition coefficient (Wildman–Crippen LogP) is 3.89. The molecular weight excluding hydrogens is 545 g/mol. The molecule has 1 unspecified atom stereocenters. The number of hydrogen-bond donors (Lipinski definition) is 2. The lowest BCUT2D eigenvalue weighted by Gasteiger charge is -2.39. The molecule has 218 valence electrons. The molecule has 5 rings (SSSR count). The number of aromatic nitrogens is 1. The number of aliphatic hydroxyl groups is 1. The zero-order chi connectivity index (χ0) is 29.2. The fraction of sp³-hybridized carbons (Fsp3) is 0.400. The summed E-state index contributed by atoms with van der Waals surface area (Å²) in [6, 6.07) is 16.3.